The van der Waals surface area contributed by atoms with Gasteiger partial charge in [-0.15, -0.1) is 0 Å². The number of rotatable bonds is 20. The Bertz CT molecular complexity index is 5570. The summed E-state index contributed by atoms with van der Waals surface area (Å²) in [6.45, 7) is 22.7. The summed E-state index contributed by atoms with van der Waals surface area (Å²) >= 11 is 3.15. The molecule has 0 saturated heterocycles. The summed E-state index contributed by atoms with van der Waals surface area (Å²) in [6.07, 6.45) is 14.5. The Hall–Kier alpha value is -7.47. The van der Waals surface area contributed by atoms with E-state index in [1.54, 1.807) is 36.4 Å². The van der Waals surface area contributed by atoms with Gasteiger partial charge in [0, 0.05) is 102 Å². The molecule has 9 nitrogen and oxygen atoms in total. The fraction of sp³-hybridized carbons (Fsp3) is 0.528. The molecular formula is C108H127BrF13N3O6Si2. The monoisotopic (exact) mass is 1940 g/mol. The van der Waals surface area contributed by atoms with E-state index in [0.717, 1.165) is 249 Å². The summed E-state index contributed by atoms with van der Waals surface area (Å²) < 4.78 is 201. The molecule has 0 bridgehead atoms. The molecule has 9 aliphatic carbocycles. The number of hydrogen-bond acceptors (Lipinski definition) is 9. The maximum Gasteiger partial charge on any atom is 0.416 e. The number of benzene rings is 6. The Morgan fingerprint density at radius 1 is 0.398 bits per heavy atom. The van der Waals surface area contributed by atoms with Gasteiger partial charge in [-0.2, -0.15) is 39.5 Å². The number of halogens is 14. The van der Waals surface area contributed by atoms with Gasteiger partial charge < -0.3 is 28.5 Å². The SMILES string of the molecule is CC(C)(C)[Si](C)(C)OC1CC2(CCC2)Cc2nc(C3CCCC3)c(CO)c(-c3ccc(F)cc3)c21.CC(C)(C)[Si](C)(C)OC1CC2(CCC2)Cc2nc(C3CCCC3)c(COCc3cccc(C(F)(F)F)c3)c(-c3ccc(F)cc3F)c21.FC(F)(F)c1ccc(CBr)cc1.OC1CC2(CCC2)Cc2nc(C3CCCC3)c(COCc3cccc(C(F)(F)F)c3)c(-c3ccc(F)cc3)c21. The lowest BCUT2D eigenvalue weighted by atomic mass is 9.59. The van der Waals surface area contributed by atoms with E-state index in [1.165, 1.54) is 105 Å². The molecule has 6 aromatic carbocycles. The van der Waals surface area contributed by atoms with Crippen LogP contribution in [0.5, 0.6) is 0 Å². The number of pyridine rings is 3. The lowest BCUT2D eigenvalue weighted by Crippen LogP contribution is -2.46. The molecule has 0 aliphatic heterocycles. The number of hydrogen-bond donors (Lipinski definition) is 2. The van der Waals surface area contributed by atoms with Crippen LogP contribution in [0.1, 0.15) is 333 Å². The van der Waals surface area contributed by atoms with E-state index in [0.29, 0.717) is 39.8 Å². The molecule has 3 atom stereocenters. The Balaban J connectivity index is 0.000000144. The predicted molar refractivity (Wildman–Crippen MR) is 503 cm³/mol. The lowest BCUT2D eigenvalue weighted by molar-refractivity contribution is -0.138. The van der Waals surface area contributed by atoms with Crippen LogP contribution < -0.4 is 0 Å². The number of aliphatic hydroxyl groups is 2. The van der Waals surface area contributed by atoms with Crippen LogP contribution >= 0.6 is 15.9 Å². The van der Waals surface area contributed by atoms with Crippen LogP contribution in [0.15, 0.2) is 140 Å². The summed E-state index contributed by atoms with van der Waals surface area (Å²) in [5.74, 6) is -1.07. The molecule has 0 amide bonds. The third-order valence-electron chi connectivity index (χ3n) is 31.4. The van der Waals surface area contributed by atoms with Gasteiger partial charge in [0.2, 0.25) is 0 Å². The van der Waals surface area contributed by atoms with Gasteiger partial charge in [0.15, 0.2) is 16.6 Å². The first-order chi connectivity index (χ1) is 62.9. The summed E-state index contributed by atoms with van der Waals surface area (Å²) in [7, 11) is -4.37. The van der Waals surface area contributed by atoms with E-state index in [-0.39, 0.29) is 95.2 Å². The smallest absolute Gasteiger partial charge is 0.410 e. The molecule has 6 fully saturated rings. The summed E-state index contributed by atoms with van der Waals surface area (Å²) in [4.78, 5) is 16.1. The quantitative estimate of drug-likeness (QED) is 0.0437. The zero-order valence-electron chi connectivity index (χ0n) is 78.2. The summed E-state index contributed by atoms with van der Waals surface area (Å²) in [5, 5.41) is 22.8. The summed E-state index contributed by atoms with van der Waals surface area (Å²) in [6, 6.07) is 32.3. The van der Waals surface area contributed by atoms with Crippen LogP contribution in [0.25, 0.3) is 33.4 Å². The molecule has 25 heteroatoms. The van der Waals surface area contributed by atoms with Crippen molar-refractivity contribution in [2.45, 2.75) is 344 Å². The van der Waals surface area contributed by atoms with Gasteiger partial charge in [0.25, 0.3) is 0 Å². The van der Waals surface area contributed by atoms with Gasteiger partial charge in [-0.1, -0.05) is 176 Å². The van der Waals surface area contributed by atoms with Crippen LogP contribution in [-0.2, 0) is 94.5 Å². The number of nitrogens with zero attached hydrogens (tertiary/aromatic N) is 3. The highest BCUT2D eigenvalue weighted by molar-refractivity contribution is 9.08. The molecule has 3 aromatic heterocycles. The first kappa shape index (κ1) is 100.0. The van der Waals surface area contributed by atoms with E-state index >= 15 is 4.39 Å². The molecule has 9 aliphatic rings. The van der Waals surface area contributed by atoms with Crippen LogP contribution in [0.4, 0.5) is 57.1 Å². The van der Waals surface area contributed by atoms with E-state index in [1.807, 2.05) is 12.1 Å². The molecule has 3 heterocycles. The Kier molecular flexibility index (Phi) is 30.2. The minimum atomic E-state index is -4.46. The third kappa shape index (κ3) is 22.5. The molecule has 0 radical (unpaired) electrons. The van der Waals surface area contributed by atoms with Crippen molar-refractivity contribution in [1.29, 1.82) is 0 Å². The van der Waals surface area contributed by atoms with Crippen LogP contribution in [0.2, 0.25) is 36.3 Å². The first-order valence-electron chi connectivity index (χ1n) is 47.9. The number of fused-ring (bicyclic) bond motifs is 3. The minimum Gasteiger partial charge on any atom is -0.410 e. The van der Waals surface area contributed by atoms with E-state index in [9.17, 15) is 62.9 Å². The van der Waals surface area contributed by atoms with Crippen molar-refractivity contribution in [1.82, 2.24) is 15.0 Å². The fourth-order valence-corrected chi connectivity index (χ4v) is 24.7. The van der Waals surface area contributed by atoms with Crippen LogP contribution in [-0.4, -0.2) is 41.8 Å². The number of alkyl halides is 10. The maximum absolute atomic E-state index is 16.0. The first-order valence-corrected chi connectivity index (χ1v) is 54.8. The molecule has 3 spiro atoms. The van der Waals surface area contributed by atoms with E-state index in [4.69, 9.17) is 33.3 Å². The second-order valence-electron chi connectivity index (χ2n) is 42.5. The molecule has 133 heavy (non-hydrogen) atoms. The second kappa shape index (κ2) is 40.2. The van der Waals surface area contributed by atoms with E-state index < -0.39 is 69.6 Å². The highest BCUT2D eigenvalue weighted by Gasteiger charge is 2.53. The molecule has 6 saturated carbocycles. The highest BCUT2D eigenvalue weighted by Crippen LogP contribution is 2.62. The summed E-state index contributed by atoms with van der Waals surface area (Å²) in [5.41, 5.74) is 16.2. The maximum atomic E-state index is 16.0. The molecule has 3 unspecified atom stereocenters. The Morgan fingerprint density at radius 2 is 0.759 bits per heavy atom. The lowest BCUT2D eigenvalue weighted by Gasteiger charge is -2.51. The van der Waals surface area contributed by atoms with Gasteiger partial charge in [-0.05, 0) is 285 Å². The third-order valence-corrected chi connectivity index (χ3v) is 41.0. The molecule has 716 valence electrons. The predicted octanol–water partition coefficient (Wildman–Crippen LogP) is 31.8. The van der Waals surface area contributed by atoms with Gasteiger partial charge in [0.1, 0.15) is 23.3 Å². The second-order valence-corrected chi connectivity index (χ2v) is 52.6. The number of aromatic nitrogens is 3. The van der Waals surface area contributed by atoms with Gasteiger partial charge >= 0.3 is 18.5 Å². The molecular weight excluding hydrogens is 1820 g/mol. The Morgan fingerprint density at radius 3 is 1.12 bits per heavy atom. The molecule has 2 N–H and O–H groups in total. The number of ether oxygens (including phenoxy) is 2. The Labute approximate surface area is 785 Å². The fourth-order valence-electron chi connectivity index (χ4n) is 21.8. The van der Waals surface area contributed by atoms with Crippen molar-refractivity contribution in [3.8, 4) is 33.4 Å². The van der Waals surface area contributed by atoms with Crippen molar-refractivity contribution in [3.05, 3.63) is 264 Å². The molecule has 9 aromatic rings. The number of aliphatic hydroxyl groups excluding tert-OH is 2. The average molecular weight is 1950 g/mol. The topological polar surface area (TPSA) is 116 Å². The normalized spacial score (nSPS) is 20.1. The van der Waals surface area contributed by atoms with Gasteiger partial charge in [0.05, 0.1) is 68.0 Å². The standard InChI is InChI=1S/C38H46F5NO2Si.C32H33F4NO2.C30H42FNO2Si.C8H6BrF3/c1-36(2,3)47(4,5)46-32-21-37(16-9-17-37)20-31-34(32)33(28-15-14-27(39)19-30(28)40)29(35(44-31)25-11-6-7-12-25)23-45-22-24-10-8-13-26(18-24)38(41,42)43;33-24-11-9-21(10-12-24)28-25(19-39-18-20-5-3-8-23(15-20)32(34,35)36)30(22-6-1-2-7-22)37-26-16-31(13-4-14-31)17-27(38)29(26)28;1-29(2,3)35(4,5)34-25-18-30(15-8-16-30)17-24-27(25)26(20-11-13-22(31)14-12-20)23(19-33)28(32-24)21-9-6-7-10-21;9-5-6-1-3-7(4-2-6)8(10,11)12/h8,10,13-15,18-19,25,32H,6-7,9,11-12,16-17,20-23H2,1-5H3;3,5,8-12,15,22,27,38H,1-2,4,6-7,13-14,16-19H2;11-14,21,25,33H,6-10,15-19H2,1-5H3;1-4H,5H2. The van der Waals surface area contributed by atoms with Crippen LogP contribution in [0, 0.1) is 39.5 Å². The largest absolute Gasteiger partial charge is 0.416 e. The average Bonchev–Trinajstić information content (AvgIpc) is 1.45. The zero-order valence-corrected chi connectivity index (χ0v) is 81.8. The van der Waals surface area contributed by atoms with Gasteiger partial charge in [-0.3, -0.25) is 15.0 Å². The zero-order chi connectivity index (χ0) is 95.2. The molecule has 18 rings (SSSR count). The van der Waals surface area contributed by atoms with Gasteiger partial charge in [-0.25, -0.2) is 17.6 Å². The van der Waals surface area contributed by atoms with Crippen molar-refractivity contribution >= 4 is 32.6 Å². The van der Waals surface area contributed by atoms with Crippen molar-refractivity contribution in [3.63, 3.8) is 0 Å². The minimum absolute atomic E-state index is 0.0135. The van der Waals surface area contributed by atoms with E-state index in [2.05, 4.69) is 83.7 Å². The van der Waals surface area contributed by atoms with Crippen LogP contribution in [0.3, 0.4) is 0 Å². The van der Waals surface area contributed by atoms with Crippen molar-refractivity contribution in [2.24, 2.45) is 16.2 Å². The highest BCUT2D eigenvalue weighted by atomic mass is 79.9. The van der Waals surface area contributed by atoms with Crippen molar-refractivity contribution < 1.29 is 85.6 Å². The van der Waals surface area contributed by atoms with Crippen molar-refractivity contribution in [2.75, 3.05) is 0 Å².